The van der Waals surface area contributed by atoms with Crippen LogP contribution in [0.3, 0.4) is 0 Å². The van der Waals surface area contributed by atoms with Crippen LogP contribution in [0, 0.1) is 6.92 Å². The number of phenolic OH excluding ortho intramolecular Hbond substituents is 1. The Morgan fingerprint density at radius 2 is 2.23 bits per heavy atom. The molecule has 2 aromatic rings. The molecular weight excluding hydrogens is 164 g/mol. The minimum absolute atomic E-state index is 0.259. The molecule has 3 heteroatoms. The maximum Gasteiger partial charge on any atom is 0.141 e. The van der Waals surface area contributed by atoms with Crippen molar-refractivity contribution < 1.29 is 5.11 Å². The molecule has 0 atom stereocenters. The summed E-state index contributed by atoms with van der Waals surface area (Å²) >= 11 is 0. The first-order valence-corrected chi connectivity index (χ1v) is 4.07. The van der Waals surface area contributed by atoms with Gasteiger partial charge in [-0.25, -0.2) is 4.98 Å². The van der Waals surface area contributed by atoms with Crippen LogP contribution in [-0.4, -0.2) is 15.1 Å². The third kappa shape index (κ3) is 1.40. The van der Waals surface area contributed by atoms with Gasteiger partial charge in [0.25, 0.3) is 0 Å². The highest BCUT2D eigenvalue weighted by Crippen LogP contribution is 2.26. The van der Waals surface area contributed by atoms with E-state index >= 15 is 0 Å². The molecule has 66 valence electrons. The van der Waals surface area contributed by atoms with Gasteiger partial charge in [0.15, 0.2) is 0 Å². The summed E-state index contributed by atoms with van der Waals surface area (Å²) < 4.78 is 0. The topological polar surface area (TPSA) is 48.9 Å². The number of aromatic amines is 1. The van der Waals surface area contributed by atoms with Crippen LogP contribution in [0.1, 0.15) is 5.56 Å². The number of H-pyrrole nitrogens is 1. The smallest absolute Gasteiger partial charge is 0.141 e. The van der Waals surface area contributed by atoms with Crippen molar-refractivity contribution in [3.8, 4) is 17.1 Å². The molecule has 1 aromatic heterocycles. The number of benzene rings is 1. The zero-order chi connectivity index (χ0) is 9.26. The summed E-state index contributed by atoms with van der Waals surface area (Å²) in [6.07, 6.45) is 3.39. The van der Waals surface area contributed by atoms with Gasteiger partial charge in [-0.2, -0.15) is 0 Å². The van der Waals surface area contributed by atoms with Crippen LogP contribution in [0.25, 0.3) is 11.4 Å². The molecule has 0 saturated heterocycles. The summed E-state index contributed by atoms with van der Waals surface area (Å²) in [7, 11) is 0. The Hall–Kier alpha value is -1.77. The molecule has 1 aromatic carbocycles. The highest BCUT2D eigenvalue weighted by molar-refractivity contribution is 5.63. The molecule has 3 nitrogen and oxygen atoms in total. The molecule has 0 saturated carbocycles. The SMILES string of the molecule is Cc1ccc(-c2ncc[nH]2)c(O)c1. The van der Waals surface area contributed by atoms with Crippen molar-refractivity contribution in [3.05, 3.63) is 36.2 Å². The zero-order valence-electron chi connectivity index (χ0n) is 7.28. The number of nitrogens with zero attached hydrogens (tertiary/aromatic N) is 1. The standard InChI is InChI=1S/C10H10N2O/c1-7-2-3-8(9(13)6-7)10-11-4-5-12-10/h2-6,13H,1H3,(H,11,12). The van der Waals surface area contributed by atoms with Gasteiger partial charge in [0.2, 0.25) is 0 Å². The summed E-state index contributed by atoms with van der Waals surface area (Å²) in [5.74, 6) is 0.951. The van der Waals surface area contributed by atoms with Gasteiger partial charge in [-0.1, -0.05) is 6.07 Å². The van der Waals surface area contributed by atoms with E-state index in [9.17, 15) is 5.11 Å². The predicted molar refractivity (Wildman–Crippen MR) is 50.4 cm³/mol. The summed E-state index contributed by atoms with van der Waals surface area (Å²) in [4.78, 5) is 7.00. The van der Waals surface area contributed by atoms with Crippen LogP contribution in [0.2, 0.25) is 0 Å². The molecule has 0 aliphatic carbocycles. The minimum atomic E-state index is 0.259. The molecular formula is C10H10N2O. The van der Waals surface area contributed by atoms with E-state index in [2.05, 4.69) is 9.97 Å². The van der Waals surface area contributed by atoms with Crippen LogP contribution in [0.15, 0.2) is 30.6 Å². The van der Waals surface area contributed by atoms with Gasteiger partial charge >= 0.3 is 0 Å². The number of aryl methyl sites for hydroxylation is 1. The van der Waals surface area contributed by atoms with E-state index < -0.39 is 0 Å². The third-order valence-corrected chi connectivity index (χ3v) is 1.91. The number of nitrogens with one attached hydrogen (secondary N) is 1. The Bertz CT molecular complexity index is 407. The van der Waals surface area contributed by atoms with Crippen molar-refractivity contribution in [2.24, 2.45) is 0 Å². The lowest BCUT2D eigenvalue weighted by atomic mass is 10.1. The largest absolute Gasteiger partial charge is 0.507 e. The number of aromatic nitrogens is 2. The molecule has 2 N–H and O–H groups in total. The van der Waals surface area contributed by atoms with Crippen molar-refractivity contribution >= 4 is 0 Å². The zero-order valence-corrected chi connectivity index (χ0v) is 7.28. The van der Waals surface area contributed by atoms with E-state index in [-0.39, 0.29) is 5.75 Å². The number of rotatable bonds is 1. The van der Waals surface area contributed by atoms with E-state index in [1.165, 1.54) is 0 Å². The lowest BCUT2D eigenvalue weighted by Gasteiger charge is -2.01. The number of hydrogen-bond donors (Lipinski definition) is 2. The third-order valence-electron chi connectivity index (χ3n) is 1.91. The Morgan fingerprint density at radius 1 is 1.38 bits per heavy atom. The van der Waals surface area contributed by atoms with E-state index in [0.29, 0.717) is 5.82 Å². The first-order chi connectivity index (χ1) is 6.27. The molecule has 0 spiro atoms. The lowest BCUT2D eigenvalue weighted by Crippen LogP contribution is -1.82. The monoisotopic (exact) mass is 174 g/mol. The highest BCUT2D eigenvalue weighted by Gasteiger charge is 2.04. The molecule has 0 aliphatic rings. The molecule has 0 fully saturated rings. The van der Waals surface area contributed by atoms with Crippen LogP contribution < -0.4 is 0 Å². The molecule has 1 heterocycles. The van der Waals surface area contributed by atoms with Gasteiger partial charge in [-0.05, 0) is 24.6 Å². The normalized spacial score (nSPS) is 10.2. The summed E-state index contributed by atoms with van der Waals surface area (Å²) in [6, 6.07) is 5.51. The Labute approximate surface area is 76.1 Å². The molecule has 0 radical (unpaired) electrons. The predicted octanol–water partition coefficient (Wildman–Crippen LogP) is 2.09. The van der Waals surface area contributed by atoms with Gasteiger partial charge in [-0.15, -0.1) is 0 Å². The quantitative estimate of drug-likeness (QED) is 0.695. The fourth-order valence-electron chi connectivity index (χ4n) is 1.25. The van der Waals surface area contributed by atoms with E-state index in [1.54, 1.807) is 18.5 Å². The molecule has 0 unspecified atom stereocenters. The van der Waals surface area contributed by atoms with Crippen LogP contribution in [-0.2, 0) is 0 Å². The second kappa shape index (κ2) is 2.94. The molecule has 0 aliphatic heterocycles. The van der Waals surface area contributed by atoms with Gasteiger partial charge in [0.1, 0.15) is 11.6 Å². The van der Waals surface area contributed by atoms with Crippen LogP contribution in [0.4, 0.5) is 0 Å². The van der Waals surface area contributed by atoms with Crippen molar-refractivity contribution in [1.29, 1.82) is 0 Å². The van der Waals surface area contributed by atoms with E-state index in [4.69, 9.17) is 0 Å². The van der Waals surface area contributed by atoms with Gasteiger partial charge in [0.05, 0.1) is 5.56 Å². The van der Waals surface area contributed by atoms with Crippen molar-refractivity contribution in [2.45, 2.75) is 6.92 Å². The van der Waals surface area contributed by atoms with Crippen molar-refractivity contribution in [1.82, 2.24) is 9.97 Å². The highest BCUT2D eigenvalue weighted by atomic mass is 16.3. The van der Waals surface area contributed by atoms with Crippen LogP contribution in [0.5, 0.6) is 5.75 Å². The molecule has 0 bridgehead atoms. The molecule has 0 amide bonds. The second-order valence-corrected chi connectivity index (χ2v) is 2.96. The Balaban J connectivity index is 2.53. The summed E-state index contributed by atoms with van der Waals surface area (Å²) in [5.41, 5.74) is 1.77. The number of phenols is 1. The Kier molecular flexibility index (Phi) is 1.77. The number of imidazole rings is 1. The molecule has 13 heavy (non-hydrogen) atoms. The number of hydrogen-bond acceptors (Lipinski definition) is 2. The maximum absolute atomic E-state index is 9.60. The summed E-state index contributed by atoms with van der Waals surface area (Å²) in [5, 5.41) is 9.60. The average Bonchev–Trinajstić information content (AvgIpc) is 2.56. The van der Waals surface area contributed by atoms with Gasteiger partial charge < -0.3 is 10.1 Å². The lowest BCUT2D eigenvalue weighted by molar-refractivity contribution is 0.476. The fraction of sp³-hybridized carbons (Fsp3) is 0.100. The van der Waals surface area contributed by atoms with E-state index in [0.717, 1.165) is 11.1 Å². The van der Waals surface area contributed by atoms with Crippen LogP contribution >= 0.6 is 0 Å². The first kappa shape index (κ1) is 7.86. The van der Waals surface area contributed by atoms with Crippen molar-refractivity contribution in [2.75, 3.05) is 0 Å². The first-order valence-electron chi connectivity index (χ1n) is 4.07. The molecule has 2 rings (SSSR count). The Morgan fingerprint density at radius 3 is 2.85 bits per heavy atom. The van der Waals surface area contributed by atoms with Gasteiger partial charge in [-0.3, -0.25) is 0 Å². The van der Waals surface area contributed by atoms with E-state index in [1.807, 2.05) is 19.1 Å². The van der Waals surface area contributed by atoms with Gasteiger partial charge in [0, 0.05) is 12.4 Å². The number of aromatic hydroxyl groups is 1. The minimum Gasteiger partial charge on any atom is -0.507 e. The van der Waals surface area contributed by atoms with Crippen molar-refractivity contribution in [3.63, 3.8) is 0 Å². The average molecular weight is 174 g/mol. The fourth-order valence-corrected chi connectivity index (χ4v) is 1.25. The summed E-state index contributed by atoms with van der Waals surface area (Å²) in [6.45, 7) is 1.94. The maximum atomic E-state index is 9.60. The second-order valence-electron chi connectivity index (χ2n) is 2.96.